The molecule has 1 aromatic carbocycles. The summed E-state index contributed by atoms with van der Waals surface area (Å²) in [6.07, 6.45) is 1.87. The summed E-state index contributed by atoms with van der Waals surface area (Å²) in [6, 6.07) is 4.82. The molecule has 0 atom stereocenters. The van der Waals surface area contributed by atoms with E-state index in [4.69, 9.17) is 34.8 Å². The highest BCUT2D eigenvalue weighted by atomic mass is 35.5. The molecule has 0 bridgehead atoms. The van der Waals surface area contributed by atoms with E-state index in [-0.39, 0.29) is 11.4 Å². The van der Waals surface area contributed by atoms with Crippen LogP contribution in [0.3, 0.4) is 0 Å². The standard InChI is InChI=1S/C11H10Cl3NO/c12-6-11(3-4-11)15-10(16)7-1-2-8(13)9(14)5-7/h1-2,5H,3-4,6H2,(H,15,16). The zero-order chi connectivity index (χ0) is 11.8. The third kappa shape index (κ3) is 2.45. The van der Waals surface area contributed by atoms with Crippen molar-refractivity contribution in [3.05, 3.63) is 33.8 Å². The van der Waals surface area contributed by atoms with E-state index in [0.717, 1.165) is 12.8 Å². The first-order valence-electron chi connectivity index (χ1n) is 4.90. The van der Waals surface area contributed by atoms with Crippen LogP contribution in [-0.2, 0) is 0 Å². The fourth-order valence-electron chi connectivity index (χ4n) is 1.39. The molecule has 2 rings (SSSR count). The second-order valence-corrected chi connectivity index (χ2v) is 5.08. The van der Waals surface area contributed by atoms with Gasteiger partial charge in [0.25, 0.3) is 5.91 Å². The molecule has 0 unspecified atom stereocenters. The van der Waals surface area contributed by atoms with Gasteiger partial charge < -0.3 is 5.32 Å². The van der Waals surface area contributed by atoms with Crippen molar-refractivity contribution in [1.29, 1.82) is 0 Å². The van der Waals surface area contributed by atoms with Crippen LogP contribution in [0, 0.1) is 0 Å². The topological polar surface area (TPSA) is 29.1 Å². The Balaban J connectivity index is 2.12. The summed E-state index contributed by atoms with van der Waals surface area (Å²) < 4.78 is 0. The van der Waals surface area contributed by atoms with E-state index in [1.54, 1.807) is 18.2 Å². The van der Waals surface area contributed by atoms with Gasteiger partial charge in [-0.05, 0) is 31.0 Å². The molecule has 0 radical (unpaired) electrons. The van der Waals surface area contributed by atoms with Gasteiger partial charge >= 0.3 is 0 Å². The predicted octanol–water partition coefficient (Wildman–Crippen LogP) is 3.49. The molecule has 0 saturated heterocycles. The number of benzene rings is 1. The number of amides is 1. The largest absolute Gasteiger partial charge is 0.345 e. The van der Waals surface area contributed by atoms with Crippen molar-refractivity contribution < 1.29 is 4.79 Å². The zero-order valence-electron chi connectivity index (χ0n) is 8.40. The van der Waals surface area contributed by atoms with Crippen molar-refractivity contribution in [3.63, 3.8) is 0 Å². The minimum Gasteiger partial charge on any atom is -0.345 e. The van der Waals surface area contributed by atoms with E-state index < -0.39 is 0 Å². The van der Waals surface area contributed by atoms with Gasteiger partial charge in [-0.25, -0.2) is 0 Å². The van der Waals surface area contributed by atoms with E-state index in [2.05, 4.69) is 5.32 Å². The molecule has 0 heterocycles. The Morgan fingerprint density at radius 3 is 2.50 bits per heavy atom. The Hall–Kier alpha value is -0.440. The summed E-state index contributed by atoms with van der Waals surface area (Å²) in [6.45, 7) is 0. The molecule has 5 heteroatoms. The smallest absolute Gasteiger partial charge is 0.251 e. The summed E-state index contributed by atoms with van der Waals surface area (Å²) in [5.74, 6) is 0.289. The number of hydrogen-bond donors (Lipinski definition) is 1. The molecule has 1 N–H and O–H groups in total. The third-order valence-corrected chi connectivity index (χ3v) is 3.92. The Kier molecular flexibility index (Phi) is 3.34. The van der Waals surface area contributed by atoms with Gasteiger partial charge in [0.15, 0.2) is 0 Å². The lowest BCUT2D eigenvalue weighted by atomic mass is 10.2. The first kappa shape index (κ1) is 12.0. The van der Waals surface area contributed by atoms with Gasteiger partial charge in [0.2, 0.25) is 0 Å². The van der Waals surface area contributed by atoms with Crippen molar-refractivity contribution in [2.75, 3.05) is 5.88 Å². The fourth-order valence-corrected chi connectivity index (χ4v) is 2.03. The van der Waals surface area contributed by atoms with Crippen molar-refractivity contribution >= 4 is 40.7 Å². The monoisotopic (exact) mass is 277 g/mol. The highest BCUT2D eigenvalue weighted by Gasteiger charge is 2.43. The summed E-state index contributed by atoms with van der Waals surface area (Å²) in [4.78, 5) is 11.9. The number of rotatable bonds is 3. The van der Waals surface area contributed by atoms with Gasteiger partial charge in [0.05, 0.1) is 15.6 Å². The maximum Gasteiger partial charge on any atom is 0.251 e. The molecule has 1 aliphatic rings. The van der Waals surface area contributed by atoms with Crippen LogP contribution < -0.4 is 5.32 Å². The van der Waals surface area contributed by atoms with Crippen LogP contribution in [0.15, 0.2) is 18.2 Å². The molecule has 1 fully saturated rings. The van der Waals surface area contributed by atoms with E-state index >= 15 is 0 Å². The summed E-state index contributed by atoms with van der Waals surface area (Å²) in [5, 5.41) is 3.73. The quantitative estimate of drug-likeness (QED) is 0.843. The van der Waals surface area contributed by atoms with Gasteiger partial charge in [-0.15, -0.1) is 11.6 Å². The zero-order valence-corrected chi connectivity index (χ0v) is 10.7. The number of carbonyl (C=O) groups excluding carboxylic acids is 1. The molecular formula is C11H10Cl3NO. The molecule has 1 aromatic rings. The molecule has 0 spiro atoms. The molecule has 16 heavy (non-hydrogen) atoms. The van der Waals surface area contributed by atoms with Crippen molar-refractivity contribution in [1.82, 2.24) is 5.32 Å². The van der Waals surface area contributed by atoms with Crippen LogP contribution in [-0.4, -0.2) is 17.3 Å². The van der Waals surface area contributed by atoms with Crippen molar-refractivity contribution in [2.24, 2.45) is 0 Å². The molecule has 1 saturated carbocycles. The summed E-state index contributed by atoms with van der Waals surface area (Å²) >= 11 is 17.4. The van der Waals surface area contributed by atoms with E-state index in [0.29, 0.717) is 21.5 Å². The van der Waals surface area contributed by atoms with Crippen LogP contribution in [0.25, 0.3) is 0 Å². The number of alkyl halides is 1. The van der Waals surface area contributed by atoms with E-state index in [9.17, 15) is 4.79 Å². The summed E-state index contributed by atoms with van der Waals surface area (Å²) in [5.41, 5.74) is 0.302. The van der Waals surface area contributed by atoms with Gasteiger partial charge in [-0.2, -0.15) is 0 Å². The highest BCUT2D eigenvalue weighted by molar-refractivity contribution is 6.42. The SMILES string of the molecule is O=C(NC1(CCl)CC1)c1ccc(Cl)c(Cl)c1. The number of nitrogens with one attached hydrogen (secondary N) is 1. The fraction of sp³-hybridized carbons (Fsp3) is 0.364. The van der Waals surface area contributed by atoms with Crippen LogP contribution in [0.2, 0.25) is 10.0 Å². The van der Waals surface area contributed by atoms with Crippen molar-refractivity contribution in [3.8, 4) is 0 Å². The van der Waals surface area contributed by atoms with Gasteiger partial charge in [-0.1, -0.05) is 23.2 Å². The lowest BCUT2D eigenvalue weighted by Crippen LogP contribution is -2.38. The molecule has 86 valence electrons. The Morgan fingerprint density at radius 2 is 2.00 bits per heavy atom. The molecule has 1 amide bonds. The first-order chi connectivity index (χ1) is 7.56. The van der Waals surface area contributed by atoms with Gasteiger partial charge in [0, 0.05) is 11.4 Å². The number of halogens is 3. The second kappa shape index (κ2) is 4.44. The molecule has 2 nitrogen and oxygen atoms in total. The molecule has 0 aromatic heterocycles. The van der Waals surface area contributed by atoms with Gasteiger partial charge in [-0.3, -0.25) is 4.79 Å². The Morgan fingerprint density at radius 1 is 1.31 bits per heavy atom. The lowest BCUT2D eigenvalue weighted by Gasteiger charge is -2.14. The highest BCUT2D eigenvalue weighted by Crippen LogP contribution is 2.36. The Bertz CT molecular complexity index is 429. The van der Waals surface area contributed by atoms with E-state index in [1.807, 2.05) is 0 Å². The third-order valence-electron chi connectivity index (χ3n) is 2.67. The minimum absolute atomic E-state index is 0.156. The normalized spacial score (nSPS) is 16.9. The summed E-state index contributed by atoms with van der Waals surface area (Å²) in [7, 11) is 0. The minimum atomic E-state index is -0.204. The number of carbonyl (C=O) groups is 1. The number of hydrogen-bond acceptors (Lipinski definition) is 1. The second-order valence-electron chi connectivity index (χ2n) is 4.00. The van der Waals surface area contributed by atoms with Crippen molar-refractivity contribution in [2.45, 2.75) is 18.4 Å². The van der Waals surface area contributed by atoms with Crippen LogP contribution in [0.4, 0.5) is 0 Å². The molecule has 0 aliphatic heterocycles. The average molecular weight is 279 g/mol. The Labute approximate surface area is 109 Å². The molecule has 1 aliphatic carbocycles. The maximum absolute atomic E-state index is 11.9. The lowest BCUT2D eigenvalue weighted by molar-refractivity contribution is 0.0936. The van der Waals surface area contributed by atoms with Crippen LogP contribution >= 0.6 is 34.8 Å². The van der Waals surface area contributed by atoms with E-state index in [1.165, 1.54) is 0 Å². The van der Waals surface area contributed by atoms with Crippen LogP contribution in [0.1, 0.15) is 23.2 Å². The molecular weight excluding hydrogens is 268 g/mol. The van der Waals surface area contributed by atoms with Crippen LogP contribution in [0.5, 0.6) is 0 Å². The average Bonchev–Trinajstić information content (AvgIpc) is 3.02. The maximum atomic E-state index is 11.9. The first-order valence-corrected chi connectivity index (χ1v) is 6.19. The predicted molar refractivity (Wildman–Crippen MR) is 66.6 cm³/mol. The van der Waals surface area contributed by atoms with Gasteiger partial charge in [0.1, 0.15) is 0 Å².